The molecular formula is C23H30Cl2N2O4. The number of rotatable bonds is 7. The second-order valence-electron chi connectivity index (χ2n) is 7.91. The van der Waals surface area contributed by atoms with E-state index < -0.39 is 6.10 Å². The maximum atomic E-state index is 10.4. The number of halogens is 2. The summed E-state index contributed by atoms with van der Waals surface area (Å²) in [6.45, 7) is 7.49. The lowest BCUT2D eigenvalue weighted by molar-refractivity contribution is -0.0292. The first-order chi connectivity index (χ1) is 14.6. The van der Waals surface area contributed by atoms with Gasteiger partial charge in [0.05, 0.1) is 19.3 Å². The molecule has 0 aliphatic carbocycles. The smallest absolute Gasteiger partial charge is 0.161 e. The van der Waals surface area contributed by atoms with Crippen molar-refractivity contribution in [1.29, 1.82) is 0 Å². The molecule has 1 saturated heterocycles. The van der Waals surface area contributed by atoms with Gasteiger partial charge in [-0.1, -0.05) is 29.8 Å². The highest BCUT2D eigenvalue weighted by Gasteiger charge is 2.23. The number of benzene rings is 2. The van der Waals surface area contributed by atoms with Gasteiger partial charge in [-0.15, -0.1) is 12.4 Å². The SMILES string of the molecule is Cc1ccc(Cl)cc1N1CCN(CC(O)COCC2COc3ccccc3O2)CC1.Cl. The molecule has 2 aliphatic rings. The Kier molecular flexibility index (Phi) is 8.69. The van der Waals surface area contributed by atoms with Crippen molar-refractivity contribution in [3.8, 4) is 11.5 Å². The number of hydrogen-bond acceptors (Lipinski definition) is 6. The zero-order chi connectivity index (χ0) is 20.9. The van der Waals surface area contributed by atoms with E-state index in [1.165, 1.54) is 11.3 Å². The lowest BCUT2D eigenvalue weighted by Crippen LogP contribution is -2.49. The largest absolute Gasteiger partial charge is 0.486 e. The predicted octanol–water partition coefficient (Wildman–Crippen LogP) is 3.41. The average molecular weight is 469 g/mol. The number of aliphatic hydroxyl groups is 1. The molecule has 2 aromatic rings. The van der Waals surface area contributed by atoms with Crippen molar-refractivity contribution >= 4 is 29.7 Å². The van der Waals surface area contributed by atoms with Crippen molar-refractivity contribution < 1.29 is 19.3 Å². The van der Waals surface area contributed by atoms with Crippen molar-refractivity contribution in [2.24, 2.45) is 0 Å². The van der Waals surface area contributed by atoms with E-state index in [9.17, 15) is 5.11 Å². The molecule has 2 heterocycles. The molecular weight excluding hydrogens is 439 g/mol. The summed E-state index contributed by atoms with van der Waals surface area (Å²) in [6.07, 6.45) is -0.683. The third-order valence-corrected chi connectivity index (χ3v) is 5.77. The van der Waals surface area contributed by atoms with Crippen molar-refractivity contribution in [2.75, 3.05) is 57.4 Å². The second-order valence-corrected chi connectivity index (χ2v) is 8.34. The highest BCUT2D eigenvalue weighted by atomic mass is 35.5. The maximum Gasteiger partial charge on any atom is 0.161 e. The number of piperazine rings is 1. The van der Waals surface area contributed by atoms with Gasteiger partial charge in [0.2, 0.25) is 0 Å². The Morgan fingerprint density at radius 3 is 2.65 bits per heavy atom. The van der Waals surface area contributed by atoms with Crippen LogP contribution >= 0.6 is 24.0 Å². The monoisotopic (exact) mass is 468 g/mol. The molecule has 0 radical (unpaired) electrons. The Labute approximate surface area is 195 Å². The summed E-state index contributed by atoms with van der Waals surface area (Å²) in [7, 11) is 0. The van der Waals surface area contributed by atoms with Crippen molar-refractivity contribution in [3.05, 3.63) is 53.1 Å². The number of anilines is 1. The molecule has 170 valence electrons. The van der Waals surface area contributed by atoms with Gasteiger partial charge in [0, 0.05) is 43.4 Å². The molecule has 4 rings (SSSR count). The van der Waals surface area contributed by atoms with Gasteiger partial charge in [0.1, 0.15) is 6.61 Å². The van der Waals surface area contributed by atoms with Crippen LogP contribution in [0.2, 0.25) is 5.02 Å². The lowest BCUT2D eigenvalue weighted by Gasteiger charge is -2.37. The minimum absolute atomic E-state index is 0. The first kappa shape index (κ1) is 24.0. The summed E-state index contributed by atoms with van der Waals surface area (Å²) in [5.41, 5.74) is 2.43. The van der Waals surface area contributed by atoms with Crippen LogP contribution in [0.5, 0.6) is 11.5 Å². The van der Waals surface area contributed by atoms with Crippen LogP contribution < -0.4 is 14.4 Å². The van der Waals surface area contributed by atoms with Crippen LogP contribution in [0.3, 0.4) is 0 Å². The molecule has 1 N–H and O–H groups in total. The van der Waals surface area contributed by atoms with E-state index in [1.807, 2.05) is 36.4 Å². The van der Waals surface area contributed by atoms with Gasteiger partial charge in [-0.05, 0) is 36.8 Å². The summed E-state index contributed by atoms with van der Waals surface area (Å²) in [5.74, 6) is 1.51. The molecule has 6 nitrogen and oxygen atoms in total. The standard InChI is InChI=1S/C23H29ClN2O4.ClH/c1-17-6-7-18(24)12-21(17)26-10-8-25(9-11-26)13-19(27)14-28-15-20-16-29-22-4-2-3-5-23(22)30-20;/h2-7,12,19-20,27H,8-11,13-16H2,1H3;1H. The second kappa shape index (κ2) is 11.2. The molecule has 8 heteroatoms. The molecule has 2 aliphatic heterocycles. The Bertz CT molecular complexity index is 846. The minimum Gasteiger partial charge on any atom is -0.486 e. The highest BCUT2D eigenvalue weighted by Crippen LogP contribution is 2.31. The normalized spacial score (nSPS) is 19.6. The van der Waals surface area contributed by atoms with Crippen LogP contribution in [-0.2, 0) is 4.74 Å². The van der Waals surface area contributed by atoms with Gasteiger partial charge < -0.3 is 24.2 Å². The molecule has 0 saturated carbocycles. The topological polar surface area (TPSA) is 54.4 Å². The van der Waals surface area contributed by atoms with E-state index in [1.54, 1.807) is 0 Å². The number of hydrogen-bond donors (Lipinski definition) is 1. The van der Waals surface area contributed by atoms with E-state index in [-0.39, 0.29) is 25.1 Å². The third kappa shape index (κ3) is 6.40. The summed E-state index contributed by atoms with van der Waals surface area (Å²) in [5, 5.41) is 11.1. The summed E-state index contributed by atoms with van der Waals surface area (Å²) >= 11 is 6.16. The van der Waals surface area contributed by atoms with Crippen LogP contribution in [0.25, 0.3) is 0 Å². The molecule has 0 bridgehead atoms. The fourth-order valence-corrected chi connectivity index (χ4v) is 4.09. The average Bonchev–Trinajstić information content (AvgIpc) is 2.76. The van der Waals surface area contributed by atoms with E-state index >= 15 is 0 Å². The quantitative estimate of drug-likeness (QED) is 0.671. The summed E-state index contributed by atoms with van der Waals surface area (Å²) in [4.78, 5) is 4.64. The van der Waals surface area contributed by atoms with Gasteiger partial charge in [-0.25, -0.2) is 0 Å². The highest BCUT2D eigenvalue weighted by molar-refractivity contribution is 6.30. The van der Waals surface area contributed by atoms with Crippen molar-refractivity contribution in [3.63, 3.8) is 0 Å². The number of aliphatic hydroxyl groups excluding tert-OH is 1. The number of para-hydroxylation sites is 2. The Balaban J connectivity index is 0.00000272. The number of ether oxygens (including phenoxy) is 3. The van der Waals surface area contributed by atoms with Gasteiger partial charge in [0.15, 0.2) is 17.6 Å². The summed E-state index contributed by atoms with van der Waals surface area (Å²) in [6, 6.07) is 13.6. The number of fused-ring (bicyclic) bond motifs is 1. The molecule has 31 heavy (non-hydrogen) atoms. The lowest BCUT2D eigenvalue weighted by atomic mass is 10.1. The first-order valence-corrected chi connectivity index (χ1v) is 10.8. The van der Waals surface area contributed by atoms with Gasteiger partial charge in [-0.3, -0.25) is 4.90 Å². The van der Waals surface area contributed by atoms with Gasteiger partial charge >= 0.3 is 0 Å². The number of nitrogens with zero attached hydrogens (tertiary/aromatic N) is 2. The van der Waals surface area contributed by atoms with Crippen LogP contribution in [-0.4, -0.2) is 74.8 Å². The fraction of sp³-hybridized carbons (Fsp3) is 0.478. The number of β-amino-alcohol motifs (C(OH)–C–C–N with tert-alkyl or cyclic N) is 1. The molecule has 1 fully saturated rings. The zero-order valence-corrected chi connectivity index (χ0v) is 19.3. The van der Waals surface area contributed by atoms with E-state index in [0.29, 0.717) is 19.8 Å². The van der Waals surface area contributed by atoms with Crippen LogP contribution in [0.15, 0.2) is 42.5 Å². The van der Waals surface area contributed by atoms with Crippen molar-refractivity contribution in [2.45, 2.75) is 19.1 Å². The van der Waals surface area contributed by atoms with E-state index in [4.69, 9.17) is 25.8 Å². The molecule has 0 amide bonds. The number of aryl methyl sites for hydroxylation is 1. The van der Waals surface area contributed by atoms with Crippen LogP contribution in [0, 0.1) is 6.92 Å². The maximum absolute atomic E-state index is 10.4. The molecule has 2 aromatic carbocycles. The third-order valence-electron chi connectivity index (χ3n) is 5.53. The van der Waals surface area contributed by atoms with Gasteiger partial charge in [-0.2, -0.15) is 0 Å². The molecule has 0 spiro atoms. The molecule has 2 atom stereocenters. The van der Waals surface area contributed by atoms with Crippen molar-refractivity contribution in [1.82, 2.24) is 4.90 Å². The Morgan fingerprint density at radius 2 is 1.87 bits per heavy atom. The van der Waals surface area contributed by atoms with Crippen LogP contribution in [0.1, 0.15) is 5.56 Å². The van der Waals surface area contributed by atoms with E-state index in [0.717, 1.165) is 42.7 Å². The predicted molar refractivity (Wildman–Crippen MR) is 125 cm³/mol. The first-order valence-electron chi connectivity index (χ1n) is 10.5. The zero-order valence-electron chi connectivity index (χ0n) is 17.7. The van der Waals surface area contributed by atoms with Crippen LogP contribution in [0.4, 0.5) is 5.69 Å². The minimum atomic E-state index is -0.527. The molecule has 2 unspecified atom stereocenters. The molecule has 0 aromatic heterocycles. The van der Waals surface area contributed by atoms with Gasteiger partial charge in [0.25, 0.3) is 0 Å². The van der Waals surface area contributed by atoms with E-state index in [2.05, 4.69) is 22.8 Å². The Morgan fingerprint density at radius 1 is 1.13 bits per heavy atom. The fourth-order valence-electron chi connectivity index (χ4n) is 3.93. The summed E-state index contributed by atoms with van der Waals surface area (Å²) < 4.78 is 17.3. The Hall–Kier alpha value is -1.70.